The standard InChI is InChI=1S/C33H22N2/c1-3-9-24-20(7-1)16-29-26(24)12-11-21-17-30-28-15-19-6-2-4-10-25(19)27(28)18-23-14-22-8-5-13-34-33(22)35(31(21)29)32(23)30/h1-13,18H,14-17H2. The van der Waals surface area contributed by atoms with Crippen LogP contribution >= 0.6 is 0 Å². The molecular weight excluding hydrogens is 424 g/mol. The van der Waals surface area contributed by atoms with Crippen LogP contribution in [0.5, 0.6) is 0 Å². The predicted molar refractivity (Wildman–Crippen MR) is 141 cm³/mol. The van der Waals surface area contributed by atoms with Crippen molar-refractivity contribution in [1.29, 1.82) is 0 Å². The van der Waals surface area contributed by atoms with Crippen LogP contribution in [0.15, 0.2) is 85.1 Å². The first-order chi connectivity index (χ1) is 17.3. The van der Waals surface area contributed by atoms with Gasteiger partial charge < -0.3 is 0 Å². The monoisotopic (exact) mass is 446 g/mol. The lowest BCUT2D eigenvalue weighted by Gasteiger charge is -2.40. The molecule has 0 unspecified atom stereocenters. The molecule has 2 aliphatic heterocycles. The average Bonchev–Trinajstić information content (AvgIpc) is 3.47. The predicted octanol–water partition coefficient (Wildman–Crippen LogP) is 7.50. The van der Waals surface area contributed by atoms with Gasteiger partial charge in [-0.1, -0.05) is 66.7 Å². The smallest absolute Gasteiger partial charge is 0.141 e. The van der Waals surface area contributed by atoms with Gasteiger partial charge >= 0.3 is 0 Å². The Morgan fingerprint density at radius 3 is 2.03 bits per heavy atom. The summed E-state index contributed by atoms with van der Waals surface area (Å²) in [5.41, 5.74) is 20.0. The van der Waals surface area contributed by atoms with E-state index in [9.17, 15) is 0 Å². The highest BCUT2D eigenvalue weighted by Gasteiger charge is 2.39. The molecule has 35 heavy (non-hydrogen) atoms. The molecule has 5 aromatic rings. The van der Waals surface area contributed by atoms with Crippen LogP contribution in [0.4, 0.5) is 17.2 Å². The maximum atomic E-state index is 4.98. The van der Waals surface area contributed by atoms with Crippen molar-refractivity contribution in [1.82, 2.24) is 4.98 Å². The van der Waals surface area contributed by atoms with Crippen LogP contribution in [-0.2, 0) is 25.7 Å². The molecule has 0 saturated heterocycles. The first-order valence-corrected chi connectivity index (χ1v) is 12.6. The highest BCUT2D eigenvalue weighted by Crippen LogP contribution is 2.57. The minimum absolute atomic E-state index is 0.946. The van der Waals surface area contributed by atoms with Gasteiger partial charge in [-0.3, -0.25) is 4.90 Å². The van der Waals surface area contributed by atoms with Crippen molar-refractivity contribution < 1.29 is 0 Å². The molecule has 4 aromatic carbocycles. The van der Waals surface area contributed by atoms with Gasteiger partial charge in [0.15, 0.2) is 0 Å². The van der Waals surface area contributed by atoms with Gasteiger partial charge in [0, 0.05) is 25.5 Å². The van der Waals surface area contributed by atoms with Gasteiger partial charge in [0.25, 0.3) is 0 Å². The van der Waals surface area contributed by atoms with Gasteiger partial charge in [-0.2, -0.15) is 0 Å². The molecule has 0 N–H and O–H groups in total. The number of nitrogens with zero attached hydrogens (tertiary/aromatic N) is 2. The van der Waals surface area contributed by atoms with E-state index in [2.05, 4.69) is 83.8 Å². The van der Waals surface area contributed by atoms with Crippen LogP contribution < -0.4 is 4.90 Å². The summed E-state index contributed by atoms with van der Waals surface area (Å²) in [6.07, 6.45) is 5.93. The highest BCUT2D eigenvalue weighted by molar-refractivity contribution is 5.96. The molecule has 3 heterocycles. The first kappa shape index (κ1) is 18.2. The van der Waals surface area contributed by atoms with Crippen molar-refractivity contribution in [3.05, 3.63) is 130 Å². The molecule has 0 atom stereocenters. The maximum absolute atomic E-state index is 4.98. The van der Waals surface area contributed by atoms with Crippen LogP contribution in [0.3, 0.4) is 0 Å². The number of aromatic nitrogens is 1. The van der Waals surface area contributed by atoms with Crippen LogP contribution in [0.25, 0.3) is 22.3 Å². The van der Waals surface area contributed by atoms with Crippen molar-refractivity contribution in [2.75, 3.05) is 4.90 Å². The Bertz CT molecular complexity index is 1760. The quantitative estimate of drug-likeness (QED) is 0.240. The first-order valence-electron chi connectivity index (χ1n) is 12.6. The molecule has 164 valence electrons. The zero-order valence-electron chi connectivity index (χ0n) is 19.3. The van der Waals surface area contributed by atoms with E-state index in [1.54, 1.807) is 0 Å². The summed E-state index contributed by atoms with van der Waals surface area (Å²) in [6, 6.07) is 29.5. The van der Waals surface area contributed by atoms with E-state index in [1.807, 2.05) is 6.20 Å². The van der Waals surface area contributed by atoms with Gasteiger partial charge in [-0.15, -0.1) is 0 Å². The normalized spacial score (nSPS) is 14.9. The Morgan fingerprint density at radius 1 is 0.486 bits per heavy atom. The molecule has 4 aliphatic rings. The molecule has 9 rings (SSSR count). The second-order valence-corrected chi connectivity index (χ2v) is 10.3. The minimum Gasteiger partial charge on any atom is -0.294 e. The Balaban J connectivity index is 1.36. The SMILES string of the molecule is c1ccc2c(c1)Cc1c-2cc2c3c1Cc1ccc4c(c1N3c1ncccc1C2)Cc1ccccc1-4. The van der Waals surface area contributed by atoms with Crippen molar-refractivity contribution in [3.63, 3.8) is 0 Å². The molecule has 2 nitrogen and oxygen atoms in total. The number of anilines is 3. The van der Waals surface area contributed by atoms with E-state index in [0.717, 1.165) is 31.5 Å². The molecular formula is C33H22N2. The van der Waals surface area contributed by atoms with E-state index >= 15 is 0 Å². The third-order valence-electron chi connectivity index (χ3n) is 8.59. The zero-order chi connectivity index (χ0) is 22.7. The molecule has 0 fully saturated rings. The summed E-state index contributed by atoms with van der Waals surface area (Å²) < 4.78 is 0. The lowest BCUT2D eigenvalue weighted by molar-refractivity contribution is 0.961. The van der Waals surface area contributed by atoms with Gasteiger partial charge in [0.2, 0.25) is 0 Å². The van der Waals surface area contributed by atoms with Gasteiger partial charge in [-0.25, -0.2) is 4.98 Å². The molecule has 0 amide bonds. The second-order valence-electron chi connectivity index (χ2n) is 10.3. The molecule has 0 bridgehead atoms. The number of hydrogen-bond acceptors (Lipinski definition) is 2. The van der Waals surface area contributed by atoms with Crippen LogP contribution in [0, 0.1) is 0 Å². The van der Waals surface area contributed by atoms with Crippen molar-refractivity contribution in [3.8, 4) is 22.3 Å². The number of pyridine rings is 1. The summed E-state index contributed by atoms with van der Waals surface area (Å²) in [7, 11) is 0. The third kappa shape index (κ3) is 2.23. The van der Waals surface area contributed by atoms with Crippen molar-refractivity contribution in [2.45, 2.75) is 25.7 Å². The second kappa shape index (κ2) is 6.28. The summed E-state index contributed by atoms with van der Waals surface area (Å²) in [4.78, 5) is 7.52. The van der Waals surface area contributed by atoms with E-state index < -0.39 is 0 Å². The van der Waals surface area contributed by atoms with E-state index in [1.165, 1.54) is 78.1 Å². The van der Waals surface area contributed by atoms with Gasteiger partial charge in [0.05, 0.1) is 11.4 Å². The van der Waals surface area contributed by atoms with E-state index in [0.29, 0.717) is 0 Å². The summed E-state index contributed by atoms with van der Waals surface area (Å²) in [6.45, 7) is 0. The van der Waals surface area contributed by atoms with Gasteiger partial charge in [-0.05, 0) is 85.3 Å². The summed E-state index contributed by atoms with van der Waals surface area (Å²) in [5, 5.41) is 0. The van der Waals surface area contributed by atoms with Gasteiger partial charge in [0.1, 0.15) is 5.82 Å². The topological polar surface area (TPSA) is 16.1 Å². The van der Waals surface area contributed by atoms with Crippen LogP contribution in [-0.4, -0.2) is 4.98 Å². The summed E-state index contributed by atoms with van der Waals surface area (Å²) >= 11 is 0. The largest absolute Gasteiger partial charge is 0.294 e. The van der Waals surface area contributed by atoms with Crippen molar-refractivity contribution >= 4 is 17.2 Å². The summed E-state index contributed by atoms with van der Waals surface area (Å²) in [5.74, 6) is 1.11. The molecule has 0 radical (unpaired) electrons. The molecule has 2 aliphatic carbocycles. The number of benzene rings is 4. The fourth-order valence-corrected chi connectivity index (χ4v) is 7.16. The fraction of sp³-hybridized carbons (Fsp3) is 0.121. The number of hydrogen-bond donors (Lipinski definition) is 0. The van der Waals surface area contributed by atoms with E-state index in [4.69, 9.17) is 4.98 Å². The van der Waals surface area contributed by atoms with Crippen molar-refractivity contribution in [2.24, 2.45) is 0 Å². The minimum atomic E-state index is 0.946. The third-order valence-corrected chi connectivity index (χ3v) is 8.59. The molecule has 0 spiro atoms. The van der Waals surface area contributed by atoms with E-state index in [-0.39, 0.29) is 0 Å². The van der Waals surface area contributed by atoms with Crippen LogP contribution in [0.2, 0.25) is 0 Å². The average molecular weight is 447 g/mol. The number of rotatable bonds is 0. The fourth-order valence-electron chi connectivity index (χ4n) is 7.16. The lowest BCUT2D eigenvalue weighted by atomic mass is 9.82. The van der Waals surface area contributed by atoms with Crippen LogP contribution in [0.1, 0.15) is 44.5 Å². The molecule has 1 aromatic heterocycles. The maximum Gasteiger partial charge on any atom is 0.141 e. The highest BCUT2D eigenvalue weighted by atomic mass is 15.2. The zero-order valence-corrected chi connectivity index (χ0v) is 19.3. The Morgan fingerprint density at radius 2 is 1.17 bits per heavy atom. The molecule has 2 heteroatoms. The Kier molecular flexibility index (Phi) is 3.27. The Hall–Kier alpha value is -4.17. The lowest BCUT2D eigenvalue weighted by Crippen LogP contribution is -2.27. The Labute approximate surface area is 204 Å². The molecule has 0 saturated carbocycles. The number of fused-ring (bicyclic) bond motifs is 12.